The van der Waals surface area contributed by atoms with E-state index in [1.807, 2.05) is 0 Å². The molecule has 1 aliphatic carbocycles. The average Bonchev–Trinajstić information content (AvgIpc) is 2.86. The van der Waals surface area contributed by atoms with E-state index in [0.29, 0.717) is 12.5 Å². The molecule has 18 heavy (non-hydrogen) atoms. The van der Waals surface area contributed by atoms with Crippen LogP contribution in [-0.2, 0) is 14.3 Å². The minimum Gasteiger partial charge on any atom is -0.480 e. The number of ether oxygens (including phenoxy) is 1. The van der Waals surface area contributed by atoms with Crippen molar-refractivity contribution in [3.63, 3.8) is 0 Å². The van der Waals surface area contributed by atoms with Crippen LogP contribution in [0.4, 0.5) is 0 Å². The summed E-state index contributed by atoms with van der Waals surface area (Å²) in [5, 5.41) is 9.33. The molecule has 102 valence electrons. The summed E-state index contributed by atoms with van der Waals surface area (Å²) in [6.45, 7) is 0.648. The molecule has 0 aromatic heterocycles. The van der Waals surface area contributed by atoms with E-state index < -0.39 is 18.1 Å². The Morgan fingerprint density at radius 1 is 1.50 bits per heavy atom. The van der Waals surface area contributed by atoms with E-state index >= 15 is 0 Å². The van der Waals surface area contributed by atoms with Crippen molar-refractivity contribution < 1.29 is 19.4 Å². The number of rotatable bonds is 4. The van der Waals surface area contributed by atoms with Crippen LogP contribution in [0.3, 0.4) is 0 Å². The average molecular weight is 256 g/mol. The first-order chi connectivity index (χ1) is 8.56. The predicted octanol–water partition coefficient (Wildman–Crippen LogP) is -0.328. The third-order valence-corrected chi connectivity index (χ3v) is 4.09. The molecule has 1 aliphatic heterocycles. The van der Waals surface area contributed by atoms with Gasteiger partial charge in [-0.05, 0) is 24.7 Å². The zero-order chi connectivity index (χ0) is 13.3. The second kappa shape index (κ2) is 5.24. The van der Waals surface area contributed by atoms with Crippen LogP contribution < -0.4 is 5.73 Å². The van der Waals surface area contributed by atoms with Crippen LogP contribution in [-0.4, -0.2) is 54.2 Å². The minimum absolute atomic E-state index is 0.0983. The van der Waals surface area contributed by atoms with Crippen LogP contribution >= 0.6 is 0 Å². The highest BCUT2D eigenvalue weighted by molar-refractivity contribution is 5.88. The van der Waals surface area contributed by atoms with Crippen molar-refractivity contribution in [3.05, 3.63) is 0 Å². The molecule has 3 N–H and O–H groups in total. The molecule has 4 atom stereocenters. The maximum atomic E-state index is 12.1. The van der Waals surface area contributed by atoms with E-state index in [2.05, 4.69) is 0 Å². The second-order valence-electron chi connectivity index (χ2n) is 5.19. The van der Waals surface area contributed by atoms with Crippen molar-refractivity contribution >= 4 is 11.9 Å². The zero-order valence-electron chi connectivity index (χ0n) is 10.5. The van der Waals surface area contributed by atoms with Gasteiger partial charge in [-0.25, -0.2) is 4.79 Å². The number of carbonyl (C=O) groups excluding carboxylic acids is 1. The van der Waals surface area contributed by atoms with E-state index in [0.717, 1.165) is 19.3 Å². The van der Waals surface area contributed by atoms with Gasteiger partial charge in [0.1, 0.15) is 12.1 Å². The molecular weight excluding hydrogens is 236 g/mol. The van der Waals surface area contributed by atoms with Gasteiger partial charge in [-0.3, -0.25) is 4.79 Å². The van der Waals surface area contributed by atoms with Gasteiger partial charge < -0.3 is 20.5 Å². The van der Waals surface area contributed by atoms with E-state index in [1.165, 1.54) is 12.0 Å². The maximum absolute atomic E-state index is 12.1. The highest BCUT2D eigenvalue weighted by atomic mass is 16.5. The zero-order valence-corrected chi connectivity index (χ0v) is 10.5. The summed E-state index contributed by atoms with van der Waals surface area (Å²) in [5.74, 6) is -0.799. The number of nitrogens with two attached hydrogens (primary N) is 1. The molecule has 0 bridgehead atoms. The van der Waals surface area contributed by atoms with E-state index in [1.54, 1.807) is 0 Å². The van der Waals surface area contributed by atoms with Gasteiger partial charge in [-0.1, -0.05) is 6.42 Å². The van der Waals surface area contributed by atoms with Crippen molar-refractivity contribution in [2.24, 2.45) is 17.6 Å². The van der Waals surface area contributed by atoms with Crippen LogP contribution in [0.2, 0.25) is 0 Å². The standard InChI is InChI=1S/C12H20N2O4/c1-18-6-9(13)11(15)14-5-7-3-2-4-8(7)10(14)12(16)17/h7-10H,2-6,13H2,1H3,(H,16,17). The maximum Gasteiger partial charge on any atom is 0.326 e. The Morgan fingerprint density at radius 2 is 2.22 bits per heavy atom. The molecule has 1 amide bonds. The first kappa shape index (κ1) is 13.3. The summed E-state index contributed by atoms with van der Waals surface area (Å²) in [5.41, 5.74) is 5.71. The summed E-state index contributed by atoms with van der Waals surface area (Å²) >= 11 is 0. The fourth-order valence-electron chi connectivity index (χ4n) is 3.31. The molecule has 1 saturated heterocycles. The third kappa shape index (κ3) is 2.22. The van der Waals surface area contributed by atoms with E-state index in [-0.39, 0.29) is 18.4 Å². The molecule has 6 nitrogen and oxygen atoms in total. The van der Waals surface area contributed by atoms with Gasteiger partial charge in [-0.15, -0.1) is 0 Å². The number of carboxylic acid groups (broad SMARTS) is 1. The number of hydrogen-bond donors (Lipinski definition) is 2. The summed E-state index contributed by atoms with van der Waals surface area (Å²) in [7, 11) is 1.47. The number of carbonyl (C=O) groups is 2. The summed E-state index contributed by atoms with van der Waals surface area (Å²) in [4.78, 5) is 25.0. The molecule has 2 rings (SSSR count). The first-order valence-electron chi connectivity index (χ1n) is 6.34. The molecule has 1 heterocycles. The quantitative estimate of drug-likeness (QED) is 0.718. The Bertz CT molecular complexity index is 347. The van der Waals surface area contributed by atoms with Gasteiger partial charge >= 0.3 is 5.97 Å². The smallest absolute Gasteiger partial charge is 0.326 e. The van der Waals surface area contributed by atoms with Crippen molar-refractivity contribution in [1.29, 1.82) is 0 Å². The first-order valence-corrected chi connectivity index (χ1v) is 6.34. The SMILES string of the molecule is COCC(N)C(=O)N1CC2CCCC2C1C(=O)O. The van der Waals surface area contributed by atoms with Gasteiger partial charge in [0, 0.05) is 13.7 Å². The number of nitrogens with zero attached hydrogens (tertiary/aromatic N) is 1. The molecular formula is C12H20N2O4. The topological polar surface area (TPSA) is 92.9 Å². The lowest BCUT2D eigenvalue weighted by Gasteiger charge is -2.26. The Hall–Kier alpha value is -1.14. The summed E-state index contributed by atoms with van der Waals surface area (Å²) < 4.78 is 4.85. The van der Waals surface area contributed by atoms with Crippen molar-refractivity contribution in [1.82, 2.24) is 4.90 Å². The number of amides is 1. The van der Waals surface area contributed by atoms with Gasteiger partial charge in [0.2, 0.25) is 5.91 Å². The fraction of sp³-hybridized carbons (Fsp3) is 0.833. The molecule has 0 aromatic rings. The lowest BCUT2D eigenvalue weighted by atomic mass is 9.94. The summed E-state index contributed by atoms with van der Waals surface area (Å²) in [6, 6.07) is -1.47. The van der Waals surface area contributed by atoms with Crippen molar-refractivity contribution in [3.8, 4) is 0 Å². The van der Waals surface area contributed by atoms with E-state index in [9.17, 15) is 14.7 Å². The van der Waals surface area contributed by atoms with Crippen LogP contribution in [0.15, 0.2) is 0 Å². The van der Waals surface area contributed by atoms with Gasteiger partial charge in [0.05, 0.1) is 6.61 Å². The number of methoxy groups -OCH3 is 1. The monoisotopic (exact) mass is 256 g/mol. The van der Waals surface area contributed by atoms with Gasteiger partial charge in [0.15, 0.2) is 0 Å². The number of likely N-dealkylation sites (tertiary alicyclic amines) is 1. The molecule has 0 spiro atoms. The highest BCUT2D eigenvalue weighted by Gasteiger charge is 2.50. The molecule has 4 unspecified atom stereocenters. The lowest BCUT2D eigenvalue weighted by molar-refractivity contribution is -0.150. The van der Waals surface area contributed by atoms with Gasteiger partial charge in [0.25, 0.3) is 0 Å². The molecule has 6 heteroatoms. The largest absolute Gasteiger partial charge is 0.480 e. The third-order valence-electron chi connectivity index (χ3n) is 4.09. The van der Waals surface area contributed by atoms with Crippen molar-refractivity contribution in [2.75, 3.05) is 20.3 Å². The van der Waals surface area contributed by atoms with Gasteiger partial charge in [-0.2, -0.15) is 0 Å². The molecule has 1 saturated carbocycles. The Balaban J connectivity index is 2.12. The number of aliphatic carboxylic acids is 1. The van der Waals surface area contributed by atoms with Crippen LogP contribution in [0.25, 0.3) is 0 Å². The Kier molecular flexibility index (Phi) is 3.87. The number of hydrogen-bond acceptors (Lipinski definition) is 4. The molecule has 0 radical (unpaired) electrons. The predicted molar refractivity (Wildman–Crippen MR) is 63.8 cm³/mol. The second-order valence-corrected chi connectivity index (χ2v) is 5.19. The van der Waals surface area contributed by atoms with Crippen LogP contribution in [0.1, 0.15) is 19.3 Å². The lowest BCUT2D eigenvalue weighted by Crippen LogP contribution is -2.51. The Morgan fingerprint density at radius 3 is 2.83 bits per heavy atom. The molecule has 2 aliphatic rings. The van der Waals surface area contributed by atoms with Crippen LogP contribution in [0, 0.1) is 11.8 Å². The highest BCUT2D eigenvalue weighted by Crippen LogP contribution is 2.42. The fourth-order valence-corrected chi connectivity index (χ4v) is 3.31. The van der Waals surface area contributed by atoms with Crippen molar-refractivity contribution in [2.45, 2.75) is 31.3 Å². The summed E-state index contributed by atoms with van der Waals surface area (Å²) in [6.07, 6.45) is 2.97. The molecule has 0 aromatic carbocycles. The van der Waals surface area contributed by atoms with Crippen LogP contribution in [0.5, 0.6) is 0 Å². The molecule has 2 fully saturated rings. The van der Waals surface area contributed by atoms with E-state index in [4.69, 9.17) is 10.5 Å². The Labute approximate surface area is 106 Å². The number of fused-ring (bicyclic) bond motifs is 1. The normalized spacial score (nSPS) is 32.3. The minimum atomic E-state index is -0.914. The number of carboxylic acids is 1.